The normalized spacial score (nSPS) is 10.2. The number of anilines is 2. The van der Waals surface area contributed by atoms with E-state index in [4.69, 9.17) is 16.2 Å². The Morgan fingerprint density at radius 3 is 1.64 bits per heavy atom. The molecule has 6 nitrogen and oxygen atoms in total. The molecular formula is C36H37I3N4O2. The fourth-order valence-electron chi connectivity index (χ4n) is 4.44. The van der Waals surface area contributed by atoms with Gasteiger partial charge in [0.1, 0.15) is 29.7 Å². The lowest BCUT2D eigenvalue weighted by Crippen LogP contribution is -1.98. The molecule has 5 N–H and O–H groups in total. The van der Waals surface area contributed by atoms with E-state index in [9.17, 15) is 5.11 Å². The number of alkyl halides is 3. The van der Waals surface area contributed by atoms with Crippen LogP contribution in [0.3, 0.4) is 0 Å². The van der Waals surface area contributed by atoms with Gasteiger partial charge in [-0.05, 0) is 89.7 Å². The van der Waals surface area contributed by atoms with Crippen molar-refractivity contribution in [1.82, 2.24) is 9.97 Å². The zero-order chi connectivity index (χ0) is 32.8. The van der Waals surface area contributed by atoms with Crippen LogP contribution in [0.25, 0.3) is 21.5 Å². The number of phenols is 1. The van der Waals surface area contributed by atoms with Crippen LogP contribution < -0.4 is 16.2 Å². The van der Waals surface area contributed by atoms with E-state index < -0.39 is 0 Å². The molecule has 0 atom stereocenters. The van der Waals surface area contributed by atoms with Crippen molar-refractivity contribution in [2.45, 2.75) is 33.7 Å². The number of benzene rings is 4. The molecule has 0 bridgehead atoms. The number of hydrogen-bond acceptors (Lipinski definition) is 6. The maximum Gasteiger partial charge on any atom is 0.127 e. The summed E-state index contributed by atoms with van der Waals surface area (Å²) in [6, 6.07) is 31.5. The molecule has 0 spiro atoms. The van der Waals surface area contributed by atoms with Crippen LogP contribution in [0.4, 0.5) is 11.6 Å². The van der Waals surface area contributed by atoms with Crippen LogP contribution in [0.1, 0.15) is 29.2 Å². The van der Waals surface area contributed by atoms with Gasteiger partial charge < -0.3 is 21.3 Å². The lowest BCUT2D eigenvalue weighted by Gasteiger charge is -2.11. The third-order valence-corrected chi connectivity index (χ3v) is 6.71. The number of fused-ring (bicyclic) bond motifs is 2. The van der Waals surface area contributed by atoms with E-state index in [1.165, 1.54) is 22.1 Å². The van der Waals surface area contributed by atoms with Gasteiger partial charge >= 0.3 is 0 Å². The average molecular weight is 938 g/mol. The molecule has 0 unspecified atom stereocenters. The number of nitrogens with zero attached hydrogens (tertiary/aromatic N) is 2. The third-order valence-electron chi connectivity index (χ3n) is 6.71. The molecule has 0 radical (unpaired) electrons. The van der Waals surface area contributed by atoms with Crippen molar-refractivity contribution in [3.8, 4) is 11.5 Å². The van der Waals surface area contributed by atoms with Crippen LogP contribution >= 0.6 is 67.8 Å². The number of nitrogen functional groups attached to an aromatic ring is 2. The highest BCUT2D eigenvalue weighted by Gasteiger charge is 2.05. The van der Waals surface area contributed by atoms with Crippen LogP contribution in [0.5, 0.6) is 11.5 Å². The first kappa shape index (κ1) is 36.6. The van der Waals surface area contributed by atoms with Crippen molar-refractivity contribution in [2.75, 3.05) is 11.5 Å². The summed E-state index contributed by atoms with van der Waals surface area (Å²) in [6.07, 6.45) is 4.45. The summed E-state index contributed by atoms with van der Waals surface area (Å²) in [5, 5.41) is 13.9. The van der Waals surface area contributed by atoms with E-state index in [2.05, 4.69) is 110 Å². The molecule has 0 fully saturated rings. The number of phenolic OH excluding ortho intramolecular Hbond substituents is 1. The maximum absolute atomic E-state index is 9.50. The van der Waals surface area contributed by atoms with Crippen LogP contribution in [-0.2, 0) is 13.0 Å². The number of nitrogens with two attached hydrogens (primary N) is 2. The van der Waals surface area contributed by atoms with E-state index in [1.54, 1.807) is 18.5 Å². The Balaban J connectivity index is 0.000000188. The Morgan fingerprint density at radius 1 is 0.667 bits per heavy atom. The number of aromatic hydroxyl groups is 1. The highest BCUT2D eigenvalue weighted by molar-refractivity contribution is 14.3. The second-order valence-electron chi connectivity index (χ2n) is 9.94. The molecular weight excluding hydrogens is 901 g/mol. The van der Waals surface area contributed by atoms with Crippen LogP contribution in [0, 0.1) is 13.8 Å². The Labute approximate surface area is 306 Å². The molecule has 0 aliphatic carbocycles. The second kappa shape index (κ2) is 18.9. The van der Waals surface area contributed by atoms with Crippen molar-refractivity contribution in [3.63, 3.8) is 0 Å². The minimum atomic E-state index is 0.358. The molecule has 6 rings (SSSR count). The van der Waals surface area contributed by atoms with Gasteiger partial charge in [-0.3, -0.25) is 0 Å². The minimum Gasteiger partial charge on any atom is -0.507 e. The summed E-state index contributed by atoms with van der Waals surface area (Å²) < 4.78 is 6.68. The minimum absolute atomic E-state index is 0.358. The van der Waals surface area contributed by atoms with Gasteiger partial charge in [-0.1, -0.05) is 135 Å². The van der Waals surface area contributed by atoms with Crippen LogP contribution in [0.2, 0.25) is 0 Å². The number of aromatic nitrogens is 2. The van der Waals surface area contributed by atoms with Crippen molar-refractivity contribution in [3.05, 3.63) is 132 Å². The van der Waals surface area contributed by atoms with Crippen molar-refractivity contribution in [2.24, 2.45) is 0 Å². The zero-order valence-corrected chi connectivity index (χ0v) is 31.9. The summed E-state index contributed by atoms with van der Waals surface area (Å²) in [7, 11) is 0. The molecule has 4 aromatic carbocycles. The Morgan fingerprint density at radius 2 is 1.13 bits per heavy atom. The average Bonchev–Trinajstić information content (AvgIpc) is 3.03. The van der Waals surface area contributed by atoms with E-state index in [-0.39, 0.29) is 0 Å². The molecule has 234 valence electrons. The fourth-order valence-corrected chi connectivity index (χ4v) is 4.44. The highest BCUT2D eigenvalue weighted by atomic mass is 127. The van der Waals surface area contributed by atoms with Gasteiger partial charge in [-0.15, -0.1) is 0 Å². The third kappa shape index (κ3) is 12.1. The molecule has 0 saturated heterocycles. The Kier molecular flexibility index (Phi) is 15.4. The lowest BCUT2D eigenvalue weighted by atomic mass is 10.0. The number of pyridine rings is 2. The van der Waals surface area contributed by atoms with Crippen LogP contribution in [-0.4, -0.2) is 15.0 Å². The molecule has 2 heterocycles. The van der Waals surface area contributed by atoms with E-state index >= 15 is 0 Å². The zero-order valence-electron chi connectivity index (χ0n) is 25.4. The number of aryl methyl sites for hydroxylation is 3. The second-order valence-corrected chi connectivity index (χ2v) is 20.8. The Bertz CT molecular complexity index is 1770. The van der Waals surface area contributed by atoms with Gasteiger partial charge in [0.15, 0.2) is 0 Å². The van der Waals surface area contributed by atoms with Crippen molar-refractivity contribution in [1.29, 1.82) is 0 Å². The Hall–Kier alpha value is -2.91. The number of rotatable bonds is 4. The molecule has 0 aliphatic rings. The first-order valence-corrected chi connectivity index (χ1v) is 17.9. The number of ether oxygens (including phenoxy) is 1. The van der Waals surface area contributed by atoms with Gasteiger partial charge in [0.25, 0.3) is 0 Å². The van der Waals surface area contributed by atoms with Crippen LogP contribution in [0.15, 0.2) is 109 Å². The molecule has 0 aliphatic heterocycles. The molecule has 0 amide bonds. The summed E-state index contributed by atoms with van der Waals surface area (Å²) in [5.74, 6) is 2.37. The summed E-state index contributed by atoms with van der Waals surface area (Å²) in [4.78, 5) is 7.84. The van der Waals surface area contributed by atoms with Gasteiger partial charge in [0.05, 0.1) is 0 Å². The van der Waals surface area contributed by atoms with Crippen molar-refractivity contribution < 1.29 is 9.84 Å². The number of hydrogen-bond donors (Lipinski definition) is 3. The maximum atomic E-state index is 9.50. The van der Waals surface area contributed by atoms with Gasteiger partial charge in [-0.25, -0.2) is 9.97 Å². The quantitative estimate of drug-likeness (QED) is 0.120. The van der Waals surface area contributed by atoms with E-state index in [0.29, 0.717) is 24.0 Å². The topological polar surface area (TPSA) is 107 Å². The first-order valence-electron chi connectivity index (χ1n) is 14.2. The van der Waals surface area contributed by atoms with E-state index in [1.807, 2.05) is 79.7 Å². The van der Waals surface area contributed by atoms with E-state index in [0.717, 1.165) is 33.8 Å². The molecule has 6 aromatic rings. The SMILES string of the molecule is CCc1ccnc(N)c1.Cc1ccc(O)c2ccccc12.Cc1ccc(OCc2ccnc(N)c2)c2ccccc12.IC(I)I. The standard InChI is InChI=1S/C17H16N2O.C11H10O.C7H10N2.CHI3/c1-12-6-7-16(15-5-3-2-4-14(12)15)20-11-13-8-9-19-17(18)10-13;1-8-6-7-11(12)10-5-3-2-4-9(8)10;1-2-6-3-4-9-7(8)5-6;2-1(3)4/h2-10H,11H2,1H3,(H2,18,19);2-7,12H,1H3;3-5H,2H2,1H3,(H2,8,9);1H. The molecule has 45 heavy (non-hydrogen) atoms. The van der Waals surface area contributed by atoms with Crippen molar-refractivity contribution >= 4 is 101 Å². The molecule has 2 aromatic heterocycles. The highest BCUT2D eigenvalue weighted by Crippen LogP contribution is 2.29. The summed E-state index contributed by atoms with van der Waals surface area (Å²) >= 11 is 6.95. The van der Waals surface area contributed by atoms with Gasteiger partial charge in [0, 0.05) is 23.2 Å². The monoisotopic (exact) mass is 938 g/mol. The predicted octanol–water partition coefficient (Wildman–Crippen LogP) is 10.4. The summed E-state index contributed by atoms with van der Waals surface area (Å²) in [5.41, 5.74) is 15.8. The predicted molar refractivity (Wildman–Crippen MR) is 216 cm³/mol. The smallest absolute Gasteiger partial charge is 0.127 e. The first-order chi connectivity index (χ1) is 21.6. The lowest BCUT2D eigenvalue weighted by molar-refractivity contribution is 0.310. The fraction of sp³-hybridized carbons (Fsp3) is 0.167. The number of halogens is 3. The molecule has 0 saturated carbocycles. The van der Waals surface area contributed by atoms with Gasteiger partial charge in [-0.2, -0.15) is 0 Å². The largest absolute Gasteiger partial charge is 0.507 e. The van der Waals surface area contributed by atoms with Gasteiger partial charge in [0.2, 0.25) is 0 Å². The molecule has 9 heteroatoms. The summed E-state index contributed by atoms with van der Waals surface area (Å²) in [6.45, 7) is 6.73.